The Morgan fingerprint density at radius 2 is 2.11 bits per heavy atom. The van der Waals surface area contributed by atoms with Crippen LogP contribution in [0.15, 0.2) is 48.1 Å². The van der Waals surface area contributed by atoms with Crippen molar-refractivity contribution in [1.82, 2.24) is 20.2 Å². The lowest BCUT2D eigenvalue weighted by Gasteiger charge is -2.13. The molecule has 144 valence electrons. The molecule has 8 heteroatoms. The third-order valence-electron chi connectivity index (χ3n) is 3.98. The van der Waals surface area contributed by atoms with E-state index in [1.165, 1.54) is 11.3 Å². The lowest BCUT2D eigenvalue weighted by Crippen LogP contribution is -2.07. The molecular weight excluding hydrogens is 374 g/mol. The Hall–Kier alpha value is -3.13. The van der Waals surface area contributed by atoms with E-state index in [0.717, 1.165) is 33.9 Å². The normalized spacial score (nSPS) is 11.1. The van der Waals surface area contributed by atoms with Gasteiger partial charge in [-0.3, -0.25) is 10.1 Å². The number of hydrogen-bond donors (Lipinski definition) is 2. The van der Waals surface area contributed by atoms with Gasteiger partial charge in [0, 0.05) is 36.0 Å². The van der Waals surface area contributed by atoms with Crippen LogP contribution in [-0.2, 0) is 6.42 Å². The van der Waals surface area contributed by atoms with Crippen LogP contribution in [0.2, 0.25) is 0 Å². The molecule has 0 spiro atoms. The summed E-state index contributed by atoms with van der Waals surface area (Å²) in [6.45, 7) is 4.50. The van der Waals surface area contributed by atoms with E-state index in [1.807, 2.05) is 49.6 Å². The number of anilines is 2. The van der Waals surface area contributed by atoms with E-state index < -0.39 is 0 Å². The number of thiazole rings is 1. The first-order valence-corrected chi connectivity index (χ1v) is 9.95. The minimum atomic E-state index is 0.0566. The number of benzene rings is 1. The molecule has 0 bridgehead atoms. The van der Waals surface area contributed by atoms with E-state index in [9.17, 15) is 0 Å². The topological polar surface area (TPSA) is 85.0 Å². The fourth-order valence-corrected chi connectivity index (χ4v) is 3.34. The molecule has 0 aliphatic heterocycles. The zero-order valence-corrected chi connectivity index (χ0v) is 16.5. The second-order valence-electron chi connectivity index (χ2n) is 6.46. The van der Waals surface area contributed by atoms with Gasteiger partial charge in [-0.2, -0.15) is 5.10 Å². The monoisotopic (exact) mass is 395 g/mol. The Balaban J connectivity index is 1.60. The van der Waals surface area contributed by atoms with Crippen LogP contribution >= 0.6 is 11.3 Å². The highest BCUT2D eigenvalue weighted by molar-refractivity contribution is 7.13. The molecule has 0 aliphatic carbocycles. The summed E-state index contributed by atoms with van der Waals surface area (Å²) in [6, 6.07) is 9.72. The van der Waals surface area contributed by atoms with E-state index in [1.54, 1.807) is 12.4 Å². The maximum absolute atomic E-state index is 6.06. The molecule has 7 nitrogen and oxygen atoms in total. The van der Waals surface area contributed by atoms with Gasteiger partial charge in [0.15, 0.2) is 10.9 Å². The Morgan fingerprint density at radius 1 is 1.18 bits per heavy atom. The van der Waals surface area contributed by atoms with Crippen LogP contribution in [0, 0.1) is 0 Å². The molecule has 4 aromatic rings. The second-order valence-corrected chi connectivity index (χ2v) is 7.36. The maximum atomic E-state index is 6.06. The molecule has 1 aromatic carbocycles. The molecule has 0 amide bonds. The predicted molar refractivity (Wildman–Crippen MR) is 111 cm³/mol. The van der Waals surface area contributed by atoms with E-state index in [-0.39, 0.29) is 6.10 Å². The minimum Gasteiger partial charge on any atom is -0.491 e. The van der Waals surface area contributed by atoms with Gasteiger partial charge in [-0.1, -0.05) is 6.07 Å². The van der Waals surface area contributed by atoms with Gasteiger partial charge in [0.05, 0.1) is 18.1 Å². The Morgan fingerprint density at radius 3 is 2.86 bits per heavy atom. The van der Waals surface area contributed by atoms with Crippen LogP contribution in [0.5, 0.6) is 11.5 Å². The first kappa shape index (κ1) is 18.2. The van der Waals surface area contributed by atoms with Gasteiger partial charge in [0.1, 0.15) is 17.0 Å². The highest BCUT2D eigenvalue weighted by atomic mass is 32.1. The zero-order valence-electron chi connectivity index (χ0n) is 15.7. The molecule has 0 fully saturated rings. The number of fused-ring (bicyclic) bond motifs is 1. The van der Waals surface area contributed by atoms with Crippen LogP contribution < -0.4 is 14.8 Å². The predicted octanol–water partition coefficient (Wildman–Crippen LogP) is 4.57. The van der Waals surface area contributed by atoms with E-state index in [0.29, 0.717) is 18.2 Å². The molecule has 3 aromatic heterocycles. The number of ether oxygens (including phenoxy) is 2. The lowest BCUT2D eigenvalue weighted by atomic mass is 10.2. The number of aromatic amines is 1. The molecular formula is C20H21N5O2S. The van der Waals surface area contributed by atoms with Crippen LogP contribution in [-0.4, -0.2) is 32.9 Å². The van der Waals surface area contributed by atoms with Crippen molar-refractivity contribution in [3.8, 4) is 11.5 Å². The summed E-state index contributed by atoms with van der Waals surface area (Å²) >= 11 is 1.51. The van der Waals surface area contributed by atoms with E-state index in [2.05, 4.69) is 25.5 Å². The molecule has 0 radical (unpaired) electrons. The van der Waals surface area contributed by atoms with E-state index >= 15 is 0 Å². The summed E-state index contributed by atoms with van der Waals surface area (Å²) in [5.41, 5.74) is 1.81. The molecule has 0 saturated carbocycles. The van der Waals surface area contributed by atoms with Crippen molar-refractivity contribution in [2.24, 2.45) is 0 Å². The Bertz CT molecular complexity index is 1030. The van der Waals surface area contributed by atoms with Crippen LogP contribution in [0.1, 0.15) is 19.5 Å². The summed E-state index contributed by atoms with van der Waals surface area (Å²) in [6.07, 6.45) is 4.31. The first-order valence-electron chi connectivity index (χ1n) is 9.07. The highest BCUT2D eigenvalue weighted by Gasteiger charge is 2.15. The quantitative estimate of drug-likeness (QED) is 0.455. The van der Waals surface area contributed by atoms with Gasteiger partial charge in [0.2, 0.25) is 0 Å². The summed E-state index contributed by atoms with van der Waals surface area (Å²) in [4.78, 5) is 8.59. The Labute approximate surface area is 166 Å². The van der Waals surface area contributed by atoms with Gasteiger partial charge in [0.25, 0.3) is 0 Å². The van der Waals surface area contributed by atoms with Crippen molar-refractivity contribution in [1.29, 1.82) is 0 Å². The molecule has 4 rings (SSSR count). The van der Waals surface area contributed by atoms with Crippen molar-refractivity contribution in [3.05, 3.63) is 53.8 Å². The van der Waals surface area contributed by atoms with Gasteiger partial charge in [-0.25, -0.2) is 4.98 Å². The van der Waals surface area contributed by atoms with Gasteiger partial charge < -0.3 is 14.8 Å². The number of nitrogens with zero attached hydrogens (tertiary/aromatic N) is 3. The van der Waals surface area contributed by atoms with Gasteiger partial charge in [-0.05, 0) is 32.0 Å². The fourth-order valence-electron chi connectivity index (χ4n) is 2.81. The molecule has 28 heavy (non-hydrogen) atoms. The van der Waals surface area contributed by atoms with Crippen LogP contribution in [0.4, 0.5) is 10.9 Å². The number of pyridine rings is 1. The van der Waals surface area contributed by atoms with Crippen molar-refractivity contribution in [3.63, 3.8) is 0 Å². The SMILES string of the molecule is CC(C)Oc1cc(OCCc2ccccn2)c2[nH]nc(Nc3nccs3)c2c1. The molecule has 2 N–H and O–H groups in total. The van der Waals surface area contributed by atoms with Gasteiger partial charge >= 0.3 is 0 Å². The lowest BCUT2D eigenvalue weighted by molar-refractivity contribution is 0.240. The van der Waals surface area contributed by atoms with Crippen LogP contribution in [0.25, 0.3) is 10.9 Å². The second kappa shape index (κ2) is 8.26. The summed E-state index contributed by atoms with van der Waals surface area (Å²) < 4.78 is 12.0. The number of aromatic nitrogens is 4. The summed E-state index contributed by atoms with van der Waals surface area (Å²) in [5, 5.41) is 14.3. The highest BCUT2D eigenvalue weighted by Crippen LogP contribution is 2.35. The van der Waals surface area contributed by atoms with Crippen molar-refractivity contribution < 1.29 is 9.47 Å². The largest absolute Gasteiger partial charge is 0.491 e. The molecule has 0 unspecified atom stereocenters. The summed E-state index contributed by atoms with van der Waals surface area (Å²) in [7, 11) is 0. The van der Waals surface area contributed by atoms with Crippen LogP contribution in [0.3, 0.4) is 0 Å². The molecule has 0 atom stereocenters. The van der Waals surface area contributed by atoms with Gasteiger partial charge in [-0.15, -0.1) is 11.3 Å². The standard InChI is InChI=1S/C20H21N5O2S/c1-13(2)27-15-11-16-18(24-25-19(16)23-20-22-8-10-28-20)17(12-15)26-9-6-14-5-3-4-7-21-14/h3-5,7-8,10-13H,6,9H2,1-2H3,(H2,22,23,24,25). The summed E-state index contributed by atoms with van der Waals surface area (Å²) in [5.74, 6) is 2.12. The van der Waals surface area contributed by atoms with Crippen molar-refractivity contribution in [2.75, 3.05) is 11.9 Å². The smallest absolute Gasteiger partial charge is 0.188 e. The third kappa shape index (κ3) is 4.23. The number of rotatable bonds is 8. The zero-order chi connectivity index (χ0) is 19.3. The third-order valence-corrected chi connectivity index (χ3v) is 4.67. The molecule has 0 saturated heterocycles. The fraction of sp³-hybridized carbons (Fsp3) is 0.250. The number of nitrogens with one attached hydrogen (secondary N) is 2. The van der Waals surface area contributed by atoms with Crippen molar-refractivity contribution in [2.45, 2.75) is 26.4 Å². The number of H-pyrrole nitrogens is 1. The average Bonchev–Trinajstić information content (AvgIpc) is 3.33. The first-order chi connectivity index (χ1) is 13.7. The molecule has 0 aliphatic rings. The maximum Gasteiger partial charge on any atom is 0.188 e. The van der Waals surface area contributed by atoms with E-state index in [4.69, 9.17) is 9.47 Å². The molecule has 3 heterocycles. The van der Waals surface area contributed by atoms with Crippen molar-refractivity contribution >= 4 is 33.2 Å². The minimum absolute atomic E-state index is 0.0566. The number of hydrogen-bond acceptors (Lipinski definition) is 7. The Kier molecular flexibility index (Phi) is 5.38. The average molecular weight is 395 g/mol.